The SMILES string of the molecule is O=C(CNC(=O)c1cccc(Br)c1)NCc1cccc(OCc2ccccc2)c1. The summed E-state index contributed by atoms with van der Waals surface area (Å²) in [7, 11) is 0. The minimum absolute atomic E-state index is 0.0878. The van der Waals surface area contributed by atoms with Gasteiger partial charge in [0, 0.05) is 16.6 Å². The molecule has 0 aliphatic heterocycles. The molecule has 3 rings (SSSR count). The number of hydrogen-bond donors (Lipinski definition) is 2. The fourth-order valence-electron chi connectivity index (χ4n) is 2.64. The number of rotatable bonds is 8. The fourth-order valence-corrected chi connectivity index (χ4v) is 3.04. The molecule has 3 aromatic carbocycles. The van der Waals surface area contributed by atoms with Crippen LogP contribution in [-0.2, 0) is 17.9 Å². The molecule has 0 bridgehead atoms. The molecule has 0 fully saturated rings. The van der Waals surface area contributed by atoms with E-state index in [0.717, 1.165) is 21.3 Å². The van der Waals surface area contributed by atoms with Gasteiger partial charge in [-0.3, -0.25) is 9.59 Å². The lowest BCUT2D eigenvalue weighted by Gasteiger charge is -2.10. The summed E-state index contributed by atoms with van der Waals surface area (Å²) in [5.41, 5.74) is 2.50. The highest BCUT2D eigenvalue weighted by Gasteiger charge is 2.08. The first-order valence-electron chi connectivity index (χ1n) is 9.16. The lowest BCUT2D eigenvalue weighted by Crippen LogP contribution is -2.36. The van der Waals surface area contributed by atoms with E-state index in [0.29, 0.717) is 18.7 Å². The van der Waals surface area contributed by atoms with E-state index in [1.54, 1.807) is 18.2 Å². The number of carbonyl (C=O) groups is 2. The summed E-state index contributed by atoms with van der Waals surface area (Å²) >= 11 is 3.32. The molecule has 5 nitrogen and oxygen atoms in total. The van der Waals surface area contributed by atoms with Crippen molar-refractivity contribution in [3.05, 3.63) is 100 Å². The largest absolute Gasteiger partial charge is 0.489 e. The molecular weight excluding hydrogens is 432 g/mol. The van der Waals surface area contributed by atoms with Gasteiger partial charge in [0.15, 0.2) is 0 Å². The first-order valence-corrected chi connectivity index (χ1v) is 9.95. The molecule has 148 valence electrons. The third-order valence-corrected chi connectivity index (χ3v) is 4.63. The zero-order valence-corrected chi connectivity index (χ0v) is 17.3. The van der Waals surface area contributed by atoms with Crippen LogP contribution in [0.5, 0.6) is 5.75 Å². The molecule has 0 heterocycles. The van der Waals surface area contributed by atoms with Crippen molar-refractivity contribution in [1.82, 2.24) is 10.6 Å². The van der Waals surface area contributed by atoms with Crippen LogP contribution in [0.2, 0.25) is 0 Å². The number of amides is 2. The van der Waals surface area contributed by atoms with Crippen molar-refractivity contribution in [2.75, 3.05) is 6.54 Å². The highest BCUT2D eigenvalue weighted by atomic mass is 79.9. The average Bonchev–Trinajstić information content (AvgIpc) is 2.75. The van der Waals surface area contributed by atoms with E-state index in [1.807, 2.05) is 60.7 Å². The molecule has 2 amide bonds. The molecule has 0 atom stereocenters. The van der Waals surface area contributed by atoms with Gasteiger partial charge < -0.3 is 15.4 Å². The van der Waals surface area contributed by atoms with Gasteiger partial charge >= 0.3 is 0 Å². The maximum Gasteiger partial charge on any atom is 0.251 e. The Morgan fingerprint density at radius 2 is 1.59 bits per heavy atom. The minimum atomic E-state index is -0.294. The lowest BCUT2D eigenvalue weighted by atomic mass is 10.2. The number of hydrogen-bond acceptors (Lipinski definition) is 3. The van der Waals surface area contributed by atoms with E-state index < -0.39 is 0 Å². The number of benzene rings is 3. The van der Waals surface area contributed by atoms with E-state index in [-0.39, 0.29) is 18.4 Å². The van der Waals surface area contributed by atoms with Gasteiger partial charge in [-0.05, 0) is 41.5 Å². The number of carbonyl (C=O) groups excluding carboxylic acids is 2. The molecule has 0 aromatic heterocycles. The monoisotopic (exact) mass is 452 g/mol. The van der Waals surface area contributed by atoms with Gasteiger partial charge in [0.1, 0.15) is 12.4 Å². The Bertz CT molecular complexity index is 977. The quantitative estimate of drug-likeness (QED) is 0.541. The Balaban J connectivity index is 1.44. The van der Waals surface area contributed by atoms with Crippen molar-refractivity contribution in [3.8, 4) is 5.75 Å². The molecule has 0 saturated heterocycles. The molecule has 0 spiro atoms. The molecule has 29 heavy (non-hydrogen) atoms. The maximum absolute atomic E-state index is 12.1. The summed E-state index contributed by atoms with van der Waals surface area (Å²) in [6.45, 7) is 0.752. The van der Waals surface area contributed by atoms with E-state index in [9.17, 15) is 9.59 Å². The minimum Gasteiger partial charge on any atom is -0.489 e. The molecule has 0 saturated carbocycles. The van der Waals surface area contributed by atoms with Crippen molar-refractivity contribution in [3.63, 3.8) is 0 Å². The zero-order chi connectivity index (χ0) is 20.5. The van der Waals surface area contributed by atoms with Crippen molar-refractivity contribution >= 4 is 27.7 Å². The summed E-state index contributed by atoms with van der Waals surface area (Å²) in [5.74, 6) is 0.185. The summed E-state index contributed by atoms with van der Waals surface area (Å²) in [6, 6.07) is 24.5. The van der Waals surface area contributed by atoms with Gasteiger partial charge in [0.25, 0.3) is 5.91 Å². The van der Waals surface area contributed by atoms with Crippen LogP contribution in [0.4, 0.5) is 0 Å². The number of nitrogens with one attached hydrogen (secondary N) is 2. The van der Waals surface area contributed by atoms with Crippen LogP contribution in [0, 0.1) is 0 Å². The predicted octanol–water partition coefficient (Wildman–Crippen LogP) is 4.07. The molecule has 0 aliphatic carbocycles. The van der Waals surface area contributed by atoms with Crippen LogP contribution < -0.4 is 15.4 Å². The van der Waals surface area contributed by atoms with Gasteiger partial charge in [-0.25, -0.2) is 0 Å². The third kappa shape index (κ3) is 6.76. The Morgan fingerprint density at radius 3 is 2.38 bits per heavy atom. The Morgan fingerprint density at radius 1 is 0.828 bits per heavy atom. The first kappa shape index (κ1) is 20.6. The Labute approximate surface area is 178 Å². The second-order valence-corrected chi connectivity index (χ2v) is 7.31. The molecule has 2 N–H and O–H groups in total. The molecule has 6 heteroatoms. The van der Waals surface area contributed by atoms with Gasteiger partial charge in [-0.1, -0.05) is 64.5 Å². The predicted molar refractivity (Wildman–Crippen MR) is 116 cm³/mol. The van der Waals surface area contributed by atoms with Gasteiger partial charge in [0.2, 0.25) is 5.91 Å². The highest BCUT2D eigenvalue weighted by molar-refractivity contribution is 9.10. The highest BCUT2D eigenvalue weighted by Crippen LogP contribution is 2.15. The van der Waals surface area contributed by atoms with Crippen LogP contribution >= 0.6 is 15.9 Å². The van der Waals surface area contributed by atoms with Crippen molar-refractivity contribution in [2.45, 2.75) is 13.2 Å². The lowest BCUT2D eigenvalue weighted by molar-refractivity contribution is -0.120. The van der Waals surface area contributed by atoms with Crippen LogP contribution in [-0.4, -0.2) is 18.4 Å². The molecule has 0 aliphatic rings. The number of halogens is 1. The van der Waals surface area contributed by atoms with Gasteiger partial charge in [-0.15, -0.1) is 0 Å². The normalized spacial score (nSPS) is 10.2. The third-order valence-electron chi connectivity index (χ3n) is 4.13. The van der Waals surface area contributed by atoms with E-state index >= 15 is 0 Å². The smallest absolute Gasteiger partial charge is 0.251 e. The van der Waals surface area contributed by atoms with E-state index in [1.165, 1.54) is 0 Å². The van der Waals surface area contributed by atoms with Crippen LogP contribution in [0.1, 0.15) is 21.5 Å². The Hall–Kier alpha value is -3.12. The standard InChI is InChI=1S/C23H21BrN2O3/c24-20-10-5-9-19(13-20)23(28)26-15-22(27)25-14-18-8-4-11-21(12-18)29-16-17-6-2-1-3-7-17/h1-13H,14-16H2,(H,25,27)(H,26,28). The molecule has 0 unspecified atom stereocenters. The summed E-state index contributed by atoms with van der Waals surface area (Å²) in [4.78, 5) is 24.1. The zero-order valence-electron chi connectivity index (χ0n) is 15.7. The van der Waals surface area contributed by atoms with E-state index in [2.05, 4.69) is 26.6 Å². The van der Waals surface area contributed by atoms with E-state index in [4.69, 9.17) is 4.74 Å². The van der Waals surface area contributed by atoms with Crippen LogP contribution in [0.3, 0.4) is 0 Å². The number of ether oxygens (including phenoxy) is 1. The Kier molecular flexibility index (Phi) is 7.41. The van der Waals surface area contributed by atoms with Crippen LogP contribution in [0.15, 0.2) is 83.3 Å². The van der Waals surface area contributed by atoms with Crippen molar-refractivity contribution < 1.29 is 14.3 Å². The topological polar surface area (TPSA) is 67.4 Å². The van der Waals surface area contributed by atoms with Gasteiger partial charge in [0.05, 0.1) is 6.54 Å². The molecule has 0 radical (unpaired) electrons. The van der Waals surface area contributed by atoms with Crippen molar-refractivity contribution in [1.29, 1.82) is 0 Å². The van der Waals surface area contributed by atoms with Gasteiger partial charge in [-0.2, -0.15) is 0 Å². The summed E-state index contributed by atoms with van der Waals surface area (Å²) in [6.07, 6.45) is 0. The second-order valence-electron chi connectivity index (χ2n) is 6.39. The average molecular weight is 453 g/mol. The first-order chi connectivity index (χ1) is 14.1. The van der Waals surface area contributed by atoms with Crippen molar-refractivity contribution in [2.24, 2.45) is 0 Å². The second kappa shape index (κ2) is 10.4. The molecule has 3 aromatic rings. The van der Waals surface area contributed by atoms with Crippen LogP contribution in [0.25, 0.3) is 0 Å². The maximum atomic E-state index is 12.1. The summed E-state index contributed by atoms with van der Waals surface area (Å²) in [5, 5.41) is 5.42. The fraction of sp³-hybridized carbons (Fsp3) is 0.130. The molecular formula is C23H21BrN2O3. The summed E-state index contributed by atoms with van der Waals surface area (Å²) < 4.78 is 6.61.